The van der Waals surface area contributed by atoms with Gasteiger partial charge in [-0.05, 0) is 18.6 Å². The lowest BCUT2D eigenvalue weighted by molar-refractivity contribution is 0.153. The normalized spacial score (nSPS) is 27.2. The van der Waals surface area contributed by atoms with Gasteiger partial charge in [0.2, 0.25) is 0 Å². The Labute approximate surface area is 98.2 Å². The SMILES string of the molecule is CCSC1CCCC1NCC(C)(C)CO. The van der Waals surface area contributed by atoms with Gasteiger partial charge in [-0.15, -0.1) is 0 Å². The van der Waals surface area contributed by atoms with Gasteiger partial charge in [0.25, 0.3) is 0 Å². The number of thioether (sulfide) groups is 1. The Morgan fingerprint density at radius 1 is 1.40 bits per heavy atom. The van der Waals surface area contributed by atoms with Crippen LogP contribution in [0.2, 0.25) is 0 Å². The van der Waals surface area contributed by atoms with Crippen molar-refractivity contribution in [2.45, 2.75) is 51.3 Å². The van der Waals surface area contributed by atoms with Gasteiger partial charge in [0, 0.05) is 29.9 Å². The van der Waals surface area contributed by atoms with Gasteiger partial charge in [-0.1, -0.05) is 27.2 Å². The molecule has 0 aromatic heterocycles. The fourth-order valence-corrected chi connectivity index (χ4v) is 3.26. The van der Waals surface area contributed by atoms with Crippen LogP contribution in [0.3, 0.4) is 0 Å². The Morgan fingerprint density at radius 3 is 2.73 bits per heavy atom. The number of nitrogens with one attached hydrogen (secondary N) is 1. The monoisotopic (exact) mass is 231 g/mol. The van der Waals surface area contributed by atoms with Crippen LogP contribution in [-0.2, 0) is 0 Å². The summed E-state index contributed by atoms with van der Waals surface area (Å²) in [6, 6.07) is 0.667. The third-order valence-electron chi connectivity index (χ3n) is 3.10. The Balaban J connectivity index is 2.31. The second-order valence-corrected chi connectivity index (χ2v) is 6.75. The van der Waals surface area contributed by atoms with Crippen molar-refractivity contribution in [3.8, 4) is 0 Å². The maximum Gasteiger partial charge on any atom is 0.0494 e. The number of aliphatic hydroxyl groups excluding tert-OH is 1. The lowest BCUT2D eigenvalue weighted by atomic mass is 9.94. The molecule has 0 radical (unpaired) electrons. The fourth-order valence-electron chi connectivity index (χ4n) is 2.04. The van der Waals surface area contributed by atoms with Gasteiger partial charge in [0.05, 0.1) is 0 Å². The van der Waals surface area contributed by atoms with Crippen molar-refractivity contribution in [1.82, 2.24) is 5.32 Å². The van der Waals surface area contributed by atoms with Crippen LogP contribution in [-0.4, -0.2) is 35.3 Å². The summed E-state index contributed by atoms with van der Waals surface area (Å²) in [7, 11) is 0. The molecule has 1 aliphatic rings. The van der Waals surface area contributed by atoms with Crippen molar-refractivity contribution in [2.24, 2.45) is 5.41 Å². The molecule has 2 N–H and O–H groups in total. The first kappa shape index (κ1) is 13.3. The number of rotatable bonds is 6. The summed E-state index contributed by atoms with van der Waals surface area (Å²) in [6.07, 6.45) is 4.02. The molecule has 2 unspecified atom stereocenters. The van der Waals surface area contributed by atoms with Crippen molar-refractivity contribution in [2.75, 3.05) is 18.9 Å². The van der Waals surface area contributed by atoms with E-state index >= 15 is 0 Å². The van der Waals surface area contributed by atoms with Crippen LogP contribution in [0.5, 0.6) is 0 Å². The molecule has 1 saturated carbocycles. The molecule has 1 fully saturated rings. The summed E-state index contributed by atoms with van der Waals surface area (Å²) < 4.78 is 0. The van der Waals surface area contributed by atoms with E-state index in [1.807, 2.05) is 0 Å². The highest BCUT2D eigenvalue weighted by Crippen LogP contribution is 2.30. The van der Waals surface area contributed by atoms with Crippen LogP contribution < -0.4 is 5.32 Å². The molecular formula is C12H25NOS. The van der Waals surface area contributed by atoms with Crippen LogP contribution in [0, 0.1) is 5.41 Å². The lowest BCUT2D eigenvalue weighted by Crippen LogP contribution is -2.41. The minimum Gasteiger partial charge on any atom is -0.396 e. The highest BCUT2D eigenvalue weighted by Gasteiger charge is 2.28. The Kier molecular flexibility index (Phi) is 5.44. The van der Waals surface area contributed by atoms with Gasteiger partial charge in [-0.3, -0.25) is 0 Å². The van der Waals surface area contributed by atoms with Crippen LogP contribution in [0.4, 0.5) is 0 Å². The molecule has 0 aliphatic heterocycles. The van der Waals surface area contributed by atoms with Crippen LogP contribution in [0.1, 0.15) is 40.0 Å². The smallest absolute Gasteiger partial charge is 0.0494 e. The van der Waals surface area contributed by atoms with Crippen LogP contribution in [0.15, 0.2) is 0 Å². The quantitative estimate of drug-likeness (QED) is 0.735. The predicted octanol–water partition coefficient (Wildman–Crippen LogP) is 2.27. The highest BCUT2D eigenvalue weighted by atomic mass is 32.2. The van der Waals surface area contributed by atoms with E-state index in [4.69, 9.17) is 0 Å². The maximum absolute atomic E-state index is 9.19. The van der Waals surface area contributed by atoms with Gasteiger partial charge >= 0.3 is 0 Å². The van der Waals surface area contributed by atoms with Crippen molar-refractivity contribution in [1.29, 1.82) is 0 Å². The molecule has 0 heterocycles. The Morgan fingerprint density at radius 2 is 2.13 bits per heavy atom. The summed E-state index contributed by atoms with van der Waals surface area (Å²) in [5.41, 5.74) is 0.0179. The molecule has 0 aromatic carbocycles. The van der Waals surface area contributed by atoms with Crippen LogP contribution >= 0.6 is 11.8 Å². The molecule has 0 bridgehead atoms. The Bertz CT molecular complexity index is 184. The van der Waals surface area contributed by atoms with Gasteiger partial charge in [0.15, 0.2) is 0 Å². The summed E-state index contributed by atoms with van der Waals surface area (Å²) in [5.74, 6) is 1.21. The fraction of sp³-hybridized carbons (Fsp3) is 1.00. The van der Waals surface area contributed by atoms with Crippen molar-refractivity contribution in [3.63, 3.8) is 0 Å². The van der Waals surface area contributed by atoms with E-state index in [2.05, 4.69) is 37.8 Å². The van der Waals surface area contributed by atoms with Crippen LogP contribution in [0.25, 0.3) is 0 Å². The van der Waals surface area contributed by atoms with E-state index in [0.717, 1.165) is 11.8 Å². The summed E-state index contributed by atoms with van der Waals surface area (Å²) in [5, 5.41) is 13.6. The first-order valence-electron chi connectivity index (χ1n) is 6.05. The summed E-state index contributed by atoms with van der Waals surface area (Å²) >= 11 is 2.08. The first-order valence-corrected chi connectivity index (χ1v) is 7.10. The van der Waals surface area contributed by atoms with Gasteiger partial charge < -0.3 is 10.4 Å². The predicted molar refractivity (Wildman–Crippen MR) is 68.4 cm³/mol. The molecule has 3 heteroatoms. The van der Waals surface area contributed by atoms with Gasteiger partial charge in [-0.2, -0.15) is 11.8 Å². The first-order chi connectivity index (χ1) is 7.09. The molecule has 0 saturated heterocycles. The minimum atomic E-state index is 0.0179. The second kappa shape index (κ2) is 6.12. The zero-order chi connectivity index (χ0) is 11.3. The van der Waals surface area contributed by atoms with Crippen molar-refractivity contribution >= 4 is 11.8 Å². The van der Waals surface area contributed by atoms with Crippen molar-refractivity contribution < 1.29 is 5.11 Å². The molecule has 0 amide bonds. The number of hydrogen-bond acceptors (Lipinski definition) is 3. The highest BCUT2D eigenvalue weighted by molar-refractivity contribution is 7.99. The topological polar surface area (TPSA) is 32.3 Å². The van der Waals surface area contributed by atoms with Gasteiger partial charge in [0.1, 0.15) is 0 Å². The minimum absolute atomic E-state index is 0.0179. The zero-order valence-electron chi connectivity index (χ0n) is 10.3. The molecule has 2 nitrogen and oxygen atoms in total. The number of aliphatic hydroxyl groups is 1. The average molecular weight is 231 g/mol. The zero-order valence-corrected chi connectivity index (χ0v) is 11.1. The standard InChI is InChI=1S/C12H25NOS/c1-4-15-11-7-5-6-10(11)13-8-12(2,3)9-14/h10-11,13-14H,4-9H2,1-3H3. The number of hydrogen-bond donors (Lipinski definition) is 2. The molecule has 15 heavy (non-hydrogen) atoms. The third kappa shape index (κ3) is 4.33. The molecule has 0 spiro atoms. The molecule has 0 aromatic rings. The van der Waals surface area contributed by atoms with E-state index in [0.29, 0.717) is 6.04 Å². The molecule has 90 valence electrons. The summed E-state index contributed by atoms with van der Waals surface area (Å²) in [4.78, 5) is 0. The van der Waals surface area contributed by atoms with Crippen molar-refractivity contribution in [3.05, 3.63) is 0 Å². The molecule has 1 rings (SSSR count). The lowest BCUT2D eigenvalue weighted by Gasteiger charge is -2.27. The van der Waals surface area contributed by atoms with E-state index in [1.165, 1.54) is 25.0 Å². The molecule has 1 aliphatic carbocycles. The van der Waals surface area contributed by atoms with E-state index in [-0.39, 0.29) is 12.0 Å². The summed E-state index contributed by atoms with van der Waals surface area (Å²) in [6.45, 7) is 7.64. The average Bonchev–Trinajstić information content (AvgIpc) is 2.64. The second-order valence-electron chi connectivity index (χ2n) is 5.23. The van der Waals surface area contributed by atoms with E-state index < -0.39 is 0 Å². The molecular weight excluding hydrogens is 206 g/mol. The molecule has 2 atom stereocenters. The Hall–Kier alpha value is 0.270. The van der Waals surface area contributed by atoms with E-state index in [9.17, 15) is 5.11 Å². The van der Waals surface area contributed by atoms with Gasteiger partial charge in [-0.25, -0.2) is 0 Å². The van der Waals surface area contributed by atoms with E-state index in [1.54, 1.807) is 0 Å². The third-order valence-corrected chi connectivity index (χ3v) is 4.43. The largest absolute Gasteiger partial charge is 0.396 e. The maximum atomic E-state index is 9.19.